The van der Waals surface area contributed by atoms with Crippen LogP contribution in [-0.2, 0) is 10.9 Å². The molecule has 2 saturated heterocycles. The normalized spacial score (nSPS) is 29.5. The number of rotatable bonds is 2. The smallest absolute Gasteiger partial charge is 0.396 e. The molecule has 2 aliphatic heterocycles. The lowest BCUT2D eigenvalue weighted by atomic mass is 9.76. The minimum atomic E-state index is -4.43. The van der Waals surface area contributed by atoms with Gasteiger partial charge in [-0.15, -0.1) is 0 Å². The number of aromatic nitrogens is 1. The number of hydrogen-bond acceptors (Lipinski definition) is 4. The van der Waals surface area contributed by atoms with Gasteiger partial charge in [-0.25, -0.2) is 4.98 Å². The van der Waals surface area contributed by atoms with Gasteiger partial charge in [-0.3, -0.25) is 0 Å². The van der Waals surface area contributed by atoms with Crippen LogP contribution in [0.15, 0.2) is 18.3 Å². The summed E-state index contributed by atoms with van der Waals surface area (Å²) in [5.74, 6) is 0.0894. The van der Waals surface area contributed by atoms with Gasteiger partial charge in [0, 0.05) is 31.3 Å². The second kappa shape index (κ2) is 5.14. The summed E-state index contributed by atoms with van der Waals surface area (Å²) in [5.41, 5.74) is -1.20. The third-order valence-corrected chi connectivity index (χ3v) is 4.52. The van der Waals surface area contributed by atoms with Crippen molar-refractivity contribution in [3.8, 4) is 0 Å². The summed E-state index contributed by atoms with van der Waals surface area (Å²) in [6, 6.07) is 2.34. The molecule has 4 nitrogen and oxygen atoms in total. The number of alkyl halides is 3. The first-order valence-corrected chi connectivity index (χ1v) is 6.92. The molecule has 1 aromatic heterocycles. The number of hydrogen-bond donors (Lipinski definition) is 1. The summed E-state index contributed by atoms with van der Waals surface area (Å²) in [6.45, 7) is 1.72. The topological polar surface area (TPSA) is 45.6 Å². The number of pyridine rings is 1. The first-order valence-electron chi connectivity index (χ1n) is 6.92. The Morgan fingerprint density at radius 3 is 2.95 bits per heavy atom. The van der Waals surface area contributed by atoms with Crippen LogP contribution in [0.2, 0.25) is 0 Å². The molecule has 3 heterocycles. The molecule has 2 aliphatic rings. The van der Waals surface area contributed by atoms with Gasteiger partial charge in [0.25, 0.3) is 0 Å². The Morgan fingerprint density at radius 1 is 1.48 bits per heavy atom. The zero-order valence-corrected chi connectivity index (χ0v) is 11.4. The standard InChI is InChI=1S/C14H17F3N2O2/c15-14(16,17)11-2-1-4-18-12(11)19-6-10-3-5-21-9-13(10,7-19)8-20/h1-2,4,10,20H,3,5-9H2/t10-,13+/m0/s1. The molecule has 0 saturated carbocycles. The molecular weight excluding hydrogens is 285 g/mol. The van der Waals surface area contributed by atoms with Gasteiger partial charge in [-0.05, 0) is 24.5 Å². The zero-order chi connectivity index (χ0) is 15.1. The molecule has 1 aromatic rings. The number of aliphatic hydroxyl groups excluding tert-OH is 1. The Bertz CT molecular complexity index is 523. The highest BCUT2D eigenvalue weighted by atomic mass is 19.4. The lowest BCUT2D eigenvalue weighted by molar-refractivity contribution is -0.137. The van der Waals surface area contributed by atoms with Gasteiger partial charge < -0.3 is 14.7 Å². The predicted molar refractivity (Wildman–Crippen MR) is 69.9 cm³/mol. The van der Waals surface area contributed by atoms with E-state index in [1.807, 2.05) is 0 Å². The highest BCUT2D eigenvalue weighted by molar-refractivity contribution is 5.50. The molecule has 0 radical (unpaired) electrons. The summed E-state index contributed by atoms with van der Waals surface area (Å²) in [7, 11) is 0. The van der Waals surface area contributed by atoms with Gasteiger partial charge >= 0.3 is 6.18 Å². The molecule has 7 heteroatoms. The van der Waals surface area contributed by atoms with Crippen molar-refractivity contribution in [3.05, 3.63) is 23.9 Å². The summed E-state index contributed by atoms with van der Waals surface area (Å²) >= 11 is 0. The average molecular weight is 302 g/mol. The predicted octanol–water partition coefficient (Wildman–Crippen LogP) is 1.94. The first kappa shape index (κ1) is 14.6. The van der Waals surface area contributed by atoms with Crippen molar-refractivity contribution < 1.29 is 23.0 Å². The van der Waals surface area contributed by atoms with Crippen molar-refractivity contribution in [3.63, 3.8) is 0 Å². The second-order valence-electron chi connectivity index (χ2n) is 5.81. The fourth-order valence-corrected chi connectivity index (χ4v) is 3.35. The van der Waals surface area contributed by atoms with E-state index in [1.165, 1.54) is 12.3 Å². The average Bonchev–Trinajstić information content (AvgIpc) is 2.86. The zero-order valence-electron chi connectivity index (χ0n) is 11.4. The largest absolute Gasteiger partial charge is 0.419 e. The highest BCUT2D eigenvalue weighted by Crippen LogP contribution is 2.44. The van der Waals surface area contributed by atoms with Crippen molar-refractivity contribution in [2.45, 2.75) is 12.6 Å². The Balaban J connectivity index is 1.93. The lowest BCUT2D eigenvalue weighted by Gasteiger charge is -2.36. The number of anilines is 1. The van der Waals surface area contributed by atoms with Crippen LogP contribution in [0.1, 0.15) is 12.0 Å². The van der Waals surface area contributed by atoms with E-state index in [0.29, 0.717) is 26.3 Å². The molecule has 2 atom stereocenters. The molecular formula is C14H17F3N2O2. The van der Waals surface area contributed by atoms with E-state index in [-0.39, 0.29) is 18.3 Å². The third-order valence-electron chi connectivity index (χ3n) is 4.52. The van der Waals surface area contributed by atoms with Crippen molar-refractivity contribution in [1.29, 1.82) is 0 Å². The maximum atomic E-state index is 13.1. The minimum Gasteiger partial charge on any atom is -0.396 e. The summed E-state index contributed by atoms with van der Waals surface area (Å²) < 4.78 is 44.8. The van der Waals surface area contributed by atoms with Crippen LogP contribution in [0, 0.1) is 11.3 Å². The molecule has 0 unspecified atom stereocenters. The first-order chi connectivity index (χ1) is 9.96. The number of halogens is 3. The maximum absolute atomic E-state index is 13.1. The Kier molecular flexibility index (Phi) is 3.57. The van der Waals surface area contributed by atoms with E-state index in [0.717, 1.165) is 12.5 Å². The number of ether oxygens (including phenoxy) is 1. The van der Waals surface area contributed by atoms with E-state index in [2.05, 4.69) is 4.98 Å². The fraction of sp³-hybridized carbons (Fsp3) is 0.643. The fourth-order valence-electron chi connectivity index (χ4n) is 3.35. The summed E-state index contributed by atoms with van der Waals surface area (Å²) in [4.78, 5) is 5.57. The quantitative estimate of drug-likeness (QED) is 0.907. The number of nitrogens with zero attached hydrogens (tertiary/aromatic N) is 2. The Hall–Kier alpha value is -1.34. The van der Waals surface area contributed by atoms with Crippen LogP contribution >= 0.6 is 0 Å². The van der Waals surface area contributed by atoms with Gasteiger partial charge in [0.1, 0.15) is 5.82 Å². The van der Waals surface area contributed by atoms with Crippen LogP contribution in [0.5, 0.6) is 0 Å². The molecule has 21 heavy (non-hydrogen) atoms. The minimum absolute atomic E-state index is 0.0489. The van der Waals surface area contributed by atoms with Crippen LogP contribution in [-0.4, -0.2) is 43.0 Å². The molecule has 3 rings (SSSR count). The molecule has 1 N–H and O–H groups in total. The van der Waals surface area contributed by atoms with Crippen molar-refractivity contribution in [2.75, 3.05) is 37.8 Å². The van der Waals surface area contributed by atoms with E-state index in [9.17, 15) is 18.3 Å². The highest BCUT2D eigenvalue weighted by Gasteiger charge is 2.49. The molecule has 0 spiro atoms. The molecule has 2 fully saturated rings. The van der Waals surface area contributed by atoms with E-state index >= 15 is 0 Å². The number of aliphatic hydroxyl groups is 1. The lowest BCUT2D eigenvalue weighted by Crippen LogP contribution is -2.43. The second-order valence-corrected chi connectivity index (χ2v) is 5.81. The van der Waals surface area contributed by atoms with E-state index in [4.69, 9.17) is 4.74 Å². The van der Waals surface area contributed by atoms with Crippen LogP contribution < -0.4 is 4.90 Å². The third kappa shape index (κ3) is 2.48. The van der Waals surface area contributed by atoms with Gasteiger partial charge in [-0.2, -0.15) is 13.2 Å². The van der Waals surface area contributed by atoms with Crippen LogP contribution in [0.4, 0.5) is 19.0 Å². The monoisotopic (exact) mass is 302 g/mol. The van der Waals surface area contributed by atoms with Crippen molar-refractivity contribution in [2.24, 2.45) is 11.3 Å². The van der Waals surface area contributed by atoms with Crippen molar-refractivity contribution in [1.82, 2.24) is 4.98 Å². The van der Waals surface area contributed by atoms with E-state index in [1.54, 1.807) is 4.90 Å². The van der Waals surface area contributed by atoms with Crippen LogP contribution in [0.3, 0.4) is 0 Å². The molecule has 0 amide bonds. The van der Waals surface area contributed by atoms with Crippen LogP contribution in [0.25, 0.3) is 0 Å². The van der Waals surface area contributed by atoms with Gasteiger partial charge in [-0.1, -0.05) is 0 Å². The Morgan fingerprint density at radius 2 is 2.29 bits per heavy atom. The summed E-state index contributed by atoms with van der Waals surface area (Å²) in [6.07, 6.45) is -2.31. The van der Waals surface area contributed by atoms with Gasteiger partial charge in [0.15, 0.2) is 0 Å². The molecule has 0 aliphatic carbocycles. The molecule has 0 aromatic carbocycles. The number of fused-ring (bicyclic) bond motifs is 1. The maximum Gasteiger partial charge on any atom is 0.419 e. The molecule has 0 bridgehead atoms. The summed E-state index contributed by atoms with van der Waals surface area (Å²) in [5, 5.41) is 9.70. The SMILES string of the molecule is OC[C@]12COCC[C@H]1CN(c1ncccc1C(F)(F)F)C2. The van der Waals surface area contributed by atoms with Gasteiger partial charge in [0.05, 0.1) is 18.8 Å². The molecule has 116 valence electrons. The van der Waals surface area contributed by atoms with Gasteiger partial charge in [0.2, 0.25) is 0 Å². The van der Waals surface area contributed by atoms with E-state index < -0.39 is 17.2 Å². The Labute approximate surface area is 120 Å². The van der Waals surface area contributed by atoms with Crippen molar-refractivity contribution >= 4 is 5.82 Å².